The van der Waals surface area contributed by atoms with Crippen molar-refractivity contribution < 1.29 is 4.79 Å². The zero-order valence-corrected chi connectivity index (χ0v) is 15.6. The molecule has 2 N–H and O–H groups in total. The Morgan fingerprint density at radius 3 is 2.79 bits per heavy atom. The molecule has 0 bridgehead atoms. The number of likely N-dealkylation sites (N-methyl/N-ethyl adjacent to an activating group) is 1. The normalized spacial score (nSPS) is 12.6. The summed E-state index contributed by atoms with van der Waals surface area (Å²) in [7, 11) is 1.85. The largest absolute Gasteiger partial charge is 0.349 e. The van der Waals surface area contributed by atoms with Crippen LogP contribution in [0.5, 0.6) is 0 Å². The van der Waals surface area contributed by atoms with E-state index in [1.54, 1.807) is 16.8 Å². The minimum atomic E-state index is -0.137. The maximum absolute atomic E-state index is 12.4. The summed E-state index contributed by atoms with van der Waals surface area (Å²) in [6.07, 6.45) is 2.79. The van der Waals surface area contributed by atoms with Crippen molar-refractivity contribution in [3.05, 3.63) is 45.2 Å². The van der Waals surface area contributed by atoms with E-state index in [4.69, 9.17) is 23.2 Å². The van der Waals surface area contributed by atoms with Gasteiger partial charge in [0.1, 0.15) is 0 Å². The van der Waals surface area contributed by atoms with Crippen LogP contribution in [0.4, 0.5) is 0 Å². The number of hydrogen-bond donors (Lipinski definition) is 2. The smallest absolute Gasteiger partial charge is 0.272 e. The van der Waals surface area contributed by atoms with Crippen LogP contribution in [0.1, 0.15) is 28.2 Å². The fourth-order valence-corrected chi connectivity index (χ4v) is 3.35. The van der Waals surface area contributed by atoms with Crippen LogP contribution in [0, 0.1) is 0 Å². The Morgan fingerprint density at radius 1 is 1.29 bits per heavy atom. The Bertz CT molecular complexity index is 745. The predicted molar refractivity (Wildman–Crippen MR) is 99.1 cm³/mol. The molecule has 1 aromatic carbocycles. The van der Waals surface area contributed by atoms with Crippen molar-refractivity contribution in [3.63, 3.8) is 0 Å². The third kappa shape index (κ3) is 3.70. The molecule has 0 saturated heterocycles. The minimum Gasteiger partial charge on any atom is -0.349 e. The number of hydrogen-bond acceptors (Lipinski definition) is 3. The molecule has 0 unspecified atom stereocenters. The molecule has 0 aliphatic heterocycles. The molecule has 0 fully saturated rings. The summed E-state index contributed by atoms with van der Waals surface area (Å²) in [5.41, 5.74) is 3.34. The molecular weight excluding hydrogens is 371 g/mol. The average molecular weight is 390 g/mol. The molecule has 24 heavy (non-hydrogen) atoms. The number of amides is 1. The lowest BCUT2D eigenvalue weighted by molar-refractivity contribution is 0.0948. The van der Waals surface area contributed by atoms with Crippen LogP contribution < -0.4 is 10.6 Å². The molecule has 130 valence electrons. The summed E-state index contributed by atoms with van der Waals surface area (Å²) < 4.78 is 1.79. The molecule has 1 aromatic heterocycles. The molecule has 0 saturated carbocycles. The van der Waals surface area contributed by atoms with Gasteiger partial charge >= 0.3 is 0 Å². The highest BCUT2D eigenvalue weighted by Gasteiger charge is 2.27. The summed E-state index contributed by atoms with van der Waals surface area (Å²) in [6, 6.07) is 5.30. The monoisotopic (exact) mass is 388 g/mol. The molecule has 0 spiro atoms. The number of nitrogens with one attached hydrogen (secondary N) is 2. The number of carbonyl (C=O) groups excluding carboxylic acids is 1. The highest BCUT2D eigenvalue weighted by molar-refractivity contribution is 6.35. The SMILES string of the molecule is CNCCNC(=O)c1nn(-c2ccc(Cl)cc2Cl)c2c1CCC2.Cl. The summed E-state index contributed by atoms with van der Waals surface area (Å²) in [5.74, 6) is -0.137. The maximum atomic E-state index is 12.4. The molecule has 2 aromatic rings. The zero-order valence-electron chi connectivity index (χ0n) is 13.2. The Hall–Kier alpha value is -1.27. The van der Waals surface area contributed by atoms with E-state index in [1.807, 2.05) is 13.1 Å². The molecule has 1 aliphatic rings. The lowest BCUT2D eigenvalue weighted by Crippen LogP contribution is -2.31. The van der Waals surface area contributed by atoms with Gasteiger partial charge in [-0.3, -0.25) is 4.79 Å². The van der Waals surface area contributed by atoms with E-state index in [0.717, 1.165) is 42.8 Å². The molecular formula is C16H19Cl3N4O. The van der Waals surface area contributed by atoms with Crippen molar-refractivity contribution in [1.82, 2.24) is 20.4 Å². The standard InChI is InChI=1S/C16H18Cl2N4O.ClH/c1-19-7-8-20-16(23)15-11-3-2-4-13(11)22(21-15)14-6-5-10(17)9-12(14)18;/h5-6,9,19H,2-4,7-8H2,1H3,(H,20,23);1H. The van der Waals surface area contributed by atoms with Crippen molar-refractivity contribution in [3.8, 4) is 5.69 Å². The topological polar surface area (TPSA) is 58.9 Å². The second-order valence-corrected chi connectivity index (χ2v) is 6.34. The first-order valence-electron chi connectivity index (χ1n) is 7.61. The van der Waals surface area contributed by atoms with Gasteiger partial charge in [0.2, 0.25) is 0 Å². The third-order valence-electron chi connectivity index (χ3n) is 3.94. The van der Waals surface area contributed by atoms with E-state index in [1.165, 1.54) is 0 Å². The number of fused-ring (bicyclic) bond motifs is 1. The maximum Gasteiger partial charge on any atom is 0.272 e. The Kier molecular flexibility index (Phi) is 6.52. The lowest BCUT2D eigenvalue weighted by atomic mass is 10.2. The second-order valence-electron chi connectivity index (χ2n) is 5.49. The first-order chi connectivity index (χ1) is 11.1. The number of aromatic nitrogens is 2. The van der Waals surface area contributed by atoms with Crippen LogP contribution in [0.25, 0.3) is 5.69 Å². The quantitative estimate of drug-likeness (QED) is 0.773. The summed E-state index contributed by atoms with van der Waals surface area (Å²) in [5, 5.41) is 11.5. The van der Waals surface area contributed by atoms with E-state index in [9.17, 15) is 4.79 Å². The second kappa shape index (κ2) is 8.21. The minimum absolute atomic E-state index is 0. The Labute approximate surface area is 157 Å². The van der Waals surface area contributed by atoms with Crippen LogP contribution in [0.3, 0.4) is 0 Å². The van der Waals surface area contributed by atoms with Gasteiger partial charge in [0.05, 0.1) is 10.7 Å². The number of nitrogens with zero attached hydrogens (tertiary/aromatic N) is 2. The summed E-state index contributed by atoms with van der Waals surface area (Å²) in [4.78, 5) is 12.4. The Balaban J connectivity index is 0.00000208. The van der Waals surface area contributed by atoms with Crippen molar-refractivity contribution in [1.29, 1.82) is 0 Å². The molecule has 0 radical (unpaired) electrons. The number of halogens is 3. The van der Waals surface area contributed by atoms with Crippen LogP contribution in [-0.2, 0) is 12.8 Å². The fourth-order valence-electron chi connectivity index (χ4n) is 2.86. The van der Waals surface area contributed by atoms with E-state index in [-0.39, 0.29) is 18.3 Å². The first kappa shape index (κ1) is 19.1. The molecule has 1 heterocycles. The van der Waals surface area contributed by atoms with Crippen LogP contribution in [0.15, 0.2) is 18.2 Å². The molecule has 0 atom stereocenters. The number of carbonyl (C=O) groups is 1. The predicted octanol–water partition coefficient (Wildman–Crippen LogP) is 3.04. The lowest BCUT2D eigenvalue weighted by Gasteiger charge is -2.08. The van der Waals surface area contributed by atoms with Crippen LogP contribution in [0.2, 0.25) is 10.0 Å². The van der Waals surface area contributed by atoms with Crippen LogP contribution in [-0.4, -0.2) is 35.8 Å². The van der Waals surface area contributed by atoms with Crippen molar-refractivity contribution in [2.75, 3.05) is 20.1 Å². The Morgan fingerprint density at radius 2 is 2.08 bits per heavy atom. The molecule has 1 amide bonds. The molecule has 8 heteroatoms. The van der Waals surface area contributed by atoms with E-state index >= 15 is 0 Å². The van der Waals surface area contributed by atoms with Gasteiger partial charge in [-0.05, 0) is 44.5 Å². The fraction of sp³-hybridized carbons (Fsp3) is 0.375. The first-order valence-corrected chi connectivity index (χ1v) is 8.36. The van der Waals surface area contributed by atoms with Crippen molar-refractivity contribution in [2.45, 2.75) is 19.3 Å². The highest BCUT2D eigenvalue weighted by Crippen LogP contribution is 2.31. The van der Waals surface area contributed by atoms with E-state index in [2.05, 4.69) is 15.7 Å². The summed E-state index contributed by atoms with van der Waals surface area (Å²) >= 11 is 12.3. The van der Waals surface area contributed by atoms with Gasteiger partial charge in [-0.2, -0.15) is 5.10 Å². The van der Waals surface area contributed by atoms with Gasteiger partial charge in [0.15, 0.2) is 5.69 Å². The van der Waals surface area contributed by atoms with Gasteiger partial charge < -0.3 is 10.6 Å². The highest BCUT2D eigenvalue weighted by atomic mass is 35.5. The molecule has 3 rings (SSSR count). The van der Waals surface area contributed by atoms with Gasteiger partial charge in [0.25, 0.3) is 5.91 Å². The summed E-state index contributed by atoms with van der Waals surface area (Å²) in [6.45, 7) is 1.29. The zero-order chi connectivity index (χ0) is 16.4. The molecule has 5 nitrogen and oxygen atoms in total. The van der Waals surface area contributed by atoms with Gasteiger partial charge in [0, 0.05) is 29.4 Å². The number of benzene rings is 1. The van der Waals surface area contributed by atoms with Crippen LogP contribution >= 0.6 is 35.6 Å². The average Bonchev–Trinajstić information content (AvgIpc) is 3.10. The molecule has 1 aliphatic carbocycles. The number of rotatable bonds is 5. The van der Waals surface area contributed by atoms with Gasteiger partial charge in [-0.25, -0.2) is 4.68 Å². The van der Waals surface area contributed by atoms with Crippen molar-refractivity contribution >= 4 is 41.5 Å². The van der Waals surface area contributed by atoms with Gasteiger partial charge in [-0.15, -0.1) is 12.4 Å². The van der Waals surface area contributed by atoms with Gasteiger partial charge in [-0.1, -0.05) is 23.2 Å². The van der Waals surface area contributed by atoms with Crippen molar-refractivity contribution in [2.24, 2.45) is 0 Å². The van der Waals surface area contributed by atoms with E-state index < -0.39 is 0 Å². The van der Waals surface area contributed by atoms with E-state index in [0.29, 0.717) is 22.3 Å². The third-order valence-corrected chi connectivity index (χ3v) is 4.48.